The minimum Gasteiger partial charge on any atom is -0.493 e. The number of rotatable bonds is 3. The summed E-state index contributed by atoms with van der Waals surface area (Å²) in [6.07, 6.45) is 1.75. The lowest BCUT2D eigenvalue weighted by atomic mass is 9.92. The van der Waals surface area contributed by atoms with Crippen LogP contribution in [0.25, 0.3) is 0 Å². The molecule has 2 atom stereocenters. The molecule has 94 valence electrons. The van der Waals surface area contributed by atoms with Crippen molar-refractivity contribution in [3.63, 3.8) is 0 Å². The van der Waals surface area contributed by atoms with Crippen molar-refractivity contribution in [2.45, 2.75) is 25.4 Å². The number of hydrogen-bond donors (Lipinski definition) is 1. The first-order valence-electron chi connectivity index (χ1n) is 6.17. The Kier molecular flexibility index (Phi) is 2.76. The lowest BCUT2D eigenvalue weighted by Gasteiger charge is -2.18. The number of fused-ring (bicyclic) bond motifs is 1. The van der Waals surface area contributed by atoms with Crippen LogP contribution in [0.5, 0.6) is 5.75 Å². The van der Waals surface area contributed by atoms with Gasteiger partial charge in [-0.05, 0) is 13.0 Å². The van der Waals surface area contributed by atoms with Crippen LogP contribution >= 0.6 is 0 Å². The number of aryl methyl sites for hydroxylation is 1. The summed E-state index contributed by atoms with van der Waals surface area (Å²) >= 11 is 0. The Bertz CT molecular complexity index is 551. The van der Waals surface area contributed by atoms with Gasteiger partial charge in [0.15, 0.2) is 0 Å². The Labute approximate surface area is 106 Å². The molecule has 2 aromatic rings. The molecule has 0 aliphatic carbocycles. The van der Waals surface area contributed by atoms with Crippen LogP contribution in [0.1, 0.15) is 30.1 Å². The second-order valence-electron chi connectivity index (χ2n) is 4.46. The van der Waals surface area contributed by atoms with Gasteiger partial charge >= 0.3 is 0 Å². The molecular formula is C13H16N4O. The highest BCUT2D eigenvalue weighted by Gasteiger charge is 2.31. The highest BCUT2D eigenvalue weighted by Crippen LogP contribution is 2.39. The summed E-state index contributed by atoms with van der Waals surface area (Å²) in [5.74, 6) is 1.11. The van der Waals surface area contributed by atoms with Crippen LogP contribution < -0.4 is 10.5 Å². The van der Waals surface area contributed by atoms with Gasteiger partial charge in [0.25, 0.3) is 0 Å². The summed E-state index contributed by atoms with van der Waals surface area (Å²) in [4.78, 5) is 0. The maximum absolute atomic E-state index is 6.36. The van der Waals surface area contributed by atoms with Gasteiger partial charge in [-0.1, -0.05) is 23.4 Å². The van der Waals surface area contributed by atoms with Gasteiger partial charge < -0.3 is 10.5 Å². The molecule has 2 unspecified atom stereocenters. The van der Waals surface area contributed by atoms with E-state index >= 15 is 0 Å². The van der Waals surface area contributed by atoms with Crippen molar-refractivity contribution in [1.29, 1.82) is 0 Å². The average Bonchev–Trinajstić information content (AvgIpc) is 3.04. The predicted octanol–water partition coefficient (Wildman–Crippen LogP) is 1.47. The van der Waals surface area contributed by atoms with Gasteiger partial charge in [-0.2, -0.15) is 0 Å². The Morgan fingerprint density at radius 2 is 2.33 bits per heavy atom. The van der Waals surface area contributed by atoms with Crippen LogP contribution in [-0.2, 0) is 6.54 Å². The van der Waals surface area contributed by atoms with Crippen molar-refractivity contribution in [3.8, 4) is 5.75 Å². The number of hydrogen-bond acceptors (Lipinski definition) is 4. The van der Waals surface area contributed by atoms with E-state index in [1.54, 1.807) is 6.20 Å². The summed E-state index contributed by atoms with van der Waals surface area (Å²) in [5.41, 5.74) is 8.49. The van der Waals surface area contributed by atoms with Crippen molar-refractivity contribution >= 4 is 0 Å². The highest BCUT2D eigenvalue weighted by molar-refractivity contribution is 5.41. The van der Waals surface area contributed by atoms with E-state index in [-0.39, 0.29) is 12.0 Å². The maximum Gasteiger partial charge on any atom is 0.122 e. The SMILES string of the molecule is CCn1nncc1C(N)C1COc2ccccc21. The number of aromatic nitrogens is 3. The Morgan fingerprint density at radius 3 is 3.17 bits per heavy atom. The van der Waals surface area contributed by atoms with Crippen LogP contribution in [0, 0.1) is 0 Å². The van der Waals surface area contributed by atoms with Gasteiger partial charge in [-0.25, -0.2) is 4.68 Å². The molecule has 0 amide bonds. The first-order valence-corrected chi connectivity index (χ1v) is 6.17. The molecular weight excluding hydrogens is 228 g/mol. The molecule has 18 heavy (non-hydrogen) atoms. The quantitative estimate of drug-likeness (QED) is 0.888. The molecule has 0 radical (unpaired) electrons. The zero-order valence-corrected chi connectivity index (χ0v) is 10.3. The zero-order valence-electron chi connectivity index (χ0n) is 10.3. The number of nitrogens with zero attached hydrogens (tertiary/aromatic N) is 3. The fourth-order valence-electron chi connectivity index (χ4n) is 2.46. The number of benzene rings is 1. The van der Waals surface area contributed by atoms with Crippen molar-refractivity contribution in [2.75, 3.05) is 6.61 Å². The second kappa shape index (κ2) is 4.42. The standard InChI is InChI=1S/C13H16N4O/c1-2-17-11(7-15-16-17)13(14)10-8-18-12-6-4-3-5-9(10)12/h3-7,10,13H,2,8,14H2,1H3. The second-order valence-corrected chi connectivity index (χ2v) is 4.46. The molecule has 0 saturated heterocycles. The normalized spacial score (nSPS) is 19.3. The molecule has 0 saturated carbocycles. The van der Waals surface area contributed by atoms with Gasteiger partial charge in [-0.15, -0.1) is 5.10 Å². The van der Waals surface area contributed by atoms with E-state index in [0.717, 1.165) is 18.0 Å². The van der Waals surface area contributed by atoms with Crippen LogP contribution in [0.4, 0.5) is 0 Å². The highest BCUT2D eigenvalue weighted by atomic mass is 16.5. The molecule has 0 fully saturated rings. The van der Waals surface area contributed by atoms with Crippen molar-refractivity contribution in [3.05, 3.63) is 41.7 Å². The molecule has 2 heterocycles. The molecule has 1 aromatic heterocycles. The van der Waals surface area contributed by atoms with Crippen LogP contribution in [0.2, 0.25) is 0 Å². The van der Waals surface area contributed by atoms with Crippen molar-refractivity contribution in [2.24, 2.45) is 5.73 Å². The molecule has 1 aliphatic heterocycles. The lowest BCUT2D eigenvalue weighted by Crippen LogP contribution is -2.24. The summed E-state index contributed by atoms with van der Waals surface area (Å²) in [7, 11) is 0. The molecule has 1 aromatic carbocycles. The Hall–Kier alpha value is -1.88. The molecule has 5 nitrogen and oxygen atoms in total. The Morgan fingerprint density at radius 1 is 1.50 bits per heavy atom. The van der Waals surface area contributed by atoms with E-state index in [1.165, 1.54) is 5.56 Å². The lowest BCUT2D eigenvalue weighted by molar-refractivity contribution is 0.311. The molecule has 2 N–H and O–H groups in total. The van der Waals surface area contributed by atoms with E-state index < -0.39 is 0 Å². The maximum atomic E-state index is 6.36. The summed E-state index contributed by atoms with van der Waals surface area (Å²) in [6, 6.07) is 7.92. The first kappa shape index (κ1) is 11.2. The van der Waals surface area contributed by atoms with E-state index in [9.17, 15) is 0 Å². The van der Waals surface area contributed by atoms with Crippen LogP contribution in [0.3, 0.4) is 0 Å². The van der Waals surface area contributed by atoms with Gasteiger partial charge in [0, 0.05) is 18.0 Å². The molecule has 0 spiro atoms. The number of nitrogens with two attached hydrogens (primary N) is 1. The monoisotopic (exact) mass is 244 g/mol. The number of ether oxygens (including phenoxy) is 1. The summed E-state index contributed by atoms with van der Waals surface area (Å²) in [5, 5.41) is 7.96. The minimum absolute atomic E-state index is 0.136. The van der Waals surface area contributed by atoms with Crippen LogP contribution in [0.15, 0.2) is 30.5 Å². The van der Waals surface area contributed by atoms with E-state index in [0.29, 0.717) is 6.61 Å². The third-order valence-corrected chi connectivity index (χ3v) is 3.46. The third-order valence-electron chi connectivity index (χ3n) is 3.46. The molecule has 1 aliphatic rings. The molecule has 0 bridgehead atoms. The van der Waals surface area contributed by atoms with E-state index in [2.05, 4.69) is 16.4 Å². The largest absolute Gasteiger partial charge is 0.493 e. The minimum atomic E-state index is -0.136. The van der Waals surface area contributed by atoms with E-state index in [4.69, 9.17) is 10.5 Å². The van der Waals surface area contributed by atoms with E-state index in [1.807, 2.05) is 29.8 Å². The van der Waals surface area contributed by atoms with Gasteiger partial charge in [-0.3, -0.25) is 0 Å². The molecule has 5 heteroatoms. The van der Waals surface area contributed by atoms with Gasteiger partial charge in [0.1, 0.15) is 5.75 Å². The zero-order chi connectivity index (χ0) is 12.5. The topological polar surface area (TPSA) is 66.0 Å². The molecule has 3 rings (SSSR count). The van der Waals surface area contributed by atoms with Gasteiger partial charge in [0.05, 0.1) is 24.5 Å². The number of para-hydroxylation sites is 1. The average molecular weight is 244 g/mol. The summed E-state index contributed by atoms with van der Waals surface area (Å²) < 4.78 is 7.51. The predicted molar refractivity (Wildman–Crippen MR) is 67.3 cm³/mol. The first-order chi connectivity index (χ1) is 8.81. The van der Waals surface area contributed by atoms with Crippen LogP contribution in [-0.4, -0.2) is 21.6 Å². The Balaban J connectivity index is 1.93. The summed E-state index contributed by atoms with van der Waals surface area (Å²) in [6.45, 7) is 3.43. The van der Waals surface area contributed by atoms with Crippen molar-refractivity contribution < 1.29 is 4.74 Å². The third kappa shape index (κ3) is 1.67. The smallest absolute Gasteiger partial charge is 0.122 e. The fourth-order valence-corrected chi connectivity index (χ4v) is 2.46. The fraction of sp³-hybridized carbons (Fsp3) is 0.385. The van der Waals surface area contributed by atoms with Crippen molar-refractivity contribution in [1.82, 2.24) is 15.0 Å². The van der Waals surface area contributed by atoms with Gasteiger partial charge in [0.2, 0.25) is 0 Å².